The summed E-state index contributed by atoms with van der Waals surface area (Å²) in [5.41, 5.74) is 1.39. The fraction of sp³-hybridized carbons (Fsp3) is 0.824. The van der Waals surface area contributed by atoms with Crippen molar-refractivity contribution in [3.05, 3.63) is 16.1 Å². The molecule has 0 amide bonds. The van der Waals surface area contributed by atoms with Crippen molar-refractivity contribution in [1.29, 1.82) is 0 Å². The first-order chi connectivity index (χ1) is 10.1. The molecule has 1 N–H and O–H groups in total. The molecule has 0 aliphatic carbocycles. The van der Waals surface area contributed by atoms with Gasteiger partial charge in [-0.2, -0.15) is 0 Å². The van der Waals surface area contributed by atoms with Gasteiger partial charge in [0.25, 0.3) is 0 Å². The number of hydrogen-bond donors (Lipinski definition) is 1. The molecule has 0 radical (unpaired) electrons. The average Bonchev–Trinajstić information content (AvgIpc) is 2.92. The van der Waals surface area contributed by atoms with Crippen LogP contribution in [0, 0.1) is 6.92 Å². The fourth-order valence-electron chi connectivity index (χ4n) is 3.52. The van der Waals surface area contributed by atoms with Crippen molar-refractivity contribution in [3.8, 4) is 0 Å². The predicted molar refractivity (Wildman–Crippen MR) is 92.1 cm³/mol. The number of nitrogens with one attached hydrogen (secondary N) is 1. The van der Waals surface area contributed by atoms with E-state index in [2.05, 4.69) is 48.3 Å². The first-order valence-corrected chi connectivity index (χ1v) is 9.37. The van der Waals surface area contributed by atoms with E-state index in [1.165, 1.54) is 43.8 Å². The molecule has 2 unspecified atom stereocenters. The summed E-state index contributed by atoms with van der Waals surface area (Å²) >= 11 is 1.81. The van der Waals surface area contributed by atoms with Gasteiger partial charge in [0.2, 0.25) is 0 Å². The summed E-state index contributed by atoms with van der Waals surface area (Å²) in [4.78, 5) is 7.41. The van der Waals surface area contributed by atoms with E-state index in [1.54, 1.807) is 0 Å². The van der Waals surface area contributed by atoms with Crippen LogP contribution in [0.4, 0.5) is 0 Å². The van der Waals surface area contributed by atoms with Crippen molar-refractivity contribution in [2.24, 2.45) is 0 Å². The highest BCUT2D eigenvalue weighted by Crippen LogP contribution is 2.29. The first-order valence-electron chi connectivity index (χ1n) is 8.49. The van der Waals surface area contributed by atoms with E-state index in [9.17, 15) is 0 Å². The van der Waals surface area contributed by atoms with E-state index in [4.69, 9.17) is 0 Å². The Labute approximate surface area is 134 Å². The zero-order valence-electron chi connectivity index (χ0n) is 14.1. The van der Waals surface area contributed by atoms with Crippen molar-refractivity contribution in [2.75, 3.05) is 19.6 Å². The molecule has 0 spiro atoms. The van der Waals surface area contributed by atoms with Crippen molar-refractivity contribution < 1.29 is 0 Å². The summed E-state index contributed by atoms with van der Waals surface area (Å²) < 4.78 is 0. The Morgan fingerprint density at radius 2 is 2.05 bits per heavy atom. The molecule has 0 aromatic carbocycles. The molecule has 21 heavy (non-hydrogen) atoms. The van der Waals surface area contributed by atoms with Gasteiger partial charge in [0.05, 0.1) is 5.01 Å². The van der Waals surface area contributed by atoms with E-state index < -0.39 is 0 Å². The SMILES string of the molecule is CCNC(Cc1nc(C)cs1)C(C)(CC)N1CCCCC1. The van der Waals surface area contributed by atoms with Crippen LogP contribution in [0.3, 0.4) is 0 Å². The average molecular weight is 310 g/mol. The molecular formula is C17H31N3S. The second-order valence-electron chi connectivity index (χ2n) is 6.46. The van der Waals surface area contributed by atoms with Crippen LogP contribution in [0.5, 0.6) is 0 Å². The highest BCUT2D eigenvalue weighted by atomic mass is 32.1. The molecule has 2 rings (SSSR count). The molecule has 3 nitrogen and oxygen atoms in total. The lowest BCUT2D eigenvalue weighted by molar-refractivity contribution is 0.0434. The topological polar surface area (TPSA) is 28.2 Å². The van der Waals surface area contributed by atoms with Crippen LogP contribution < -0.4 is 5.32 Å². The fourth-order valence-corrected chi connectivity index (χ4v) is 4.34. The molecule has 1 saturated heterocycles. The van der Waals surface area contributed by atoms with Crippen LogP contribution in [-0.2, 0) is 6.42 Å². The molecule has 2 atom stereocenters. The largest absolute Gasteiger partial charge is 0.312 e. The van der Waals surface area contributed by atoms with Gasteiger partial charge in [0.1, 0.15) is 0 Å². The maximum absolute atomic E-state index is 4.69. The third-order valence-electron chi connectivity index (χ3n) is 5.04. The summed E-state index contributed by atoms with van der Waals surface area (Å²) in [6, 6.07) is 0.483. The lowest BCUT2D eigenvalue weighted by atomic mass is 9.83. The van der Waals surface area contributed by atoms with Gasteiger partial charge in [-0.15, -0.1) is 11.3 Å². The Hall–Kier alpha value is -0.450. The van der Waals surface area contributed by atoms with Crippen LogP contribution in [0.2, 0.25) is 0 Å². The van der Waals surface area contributed by atoms with Gasteiger partial charge >= 0.3 is 0 Å². The van der Waals surface area contributed by atoms with Gasteiger partial charge in [0.15, 0.2) is 0 Å². The monoisotopic (exact) mass is 309 g/mol. The molecule has 1 fully saturated rings. The van der Waals surface area contributed by atoms with E-state index in [0.29, 0.717) is 6.04 Å². The number of likely N-dealkylation sites (N-methyl/N-ethyl adjacent to an activating group) is 1. The number of aromatic nitrogens is 1. The maximum atomic E-state index is 4.69. The normalized spacial score (nSPS) is 21.1. The molecule has 0 saturated carbocycles. The smallest absolute Gasteiger partial charge is 0.0944 e. The quantitative estimate of drug-likeness (QED) is 0.833. The summed E-state index contributed by atoms with van der Waals surface area (Å²) in [5.74, 6) is 0. The summed E-state index contributed by atoms with van der Waals surface area (Å²) in [6.45, 7) is 12.6. The van der Waals surface area contributed by atoms with Crippen molar-refractivity contribution in [1.82, 2.24) is 15.2 Å². The predicted octanol–water partition coefficient (Wildman–Crippen LogP) is 3.63. The molecule has 1 aromatic rings. The van der Waals surface area contributed by atoms with Gasteiger partial charge < -0.3 is 5.32 Å². The molecule has 0 bridgehead atoms. The van der Waals surface area contributed by atoms with Gasteiger partial charge in [-0.3, -0.25) is 4.90 Å². The Balaban J connectivity index is 2.15. The van der Waals surface area contributed by atoms with Gasteiger partial charge in [0, 0.05) is 29.1 Å². The Morgan fingerprint density at radius 1 is 1.33 bits per heavy atom. The maximum Gasteiger partial charge on any atom is 0.0944 e. The first kappa shape index (κ1) is 16.9. The molecule has 1 aliphatic rings. The van der Waals surface area contributed by atoms with E-state index in [0.717, 1.165) is 18.7 Å². The molecule has 1 aliphatic heterocycles. The van der Waals surface area contributed by atoms with E-state index in [1.807, 2.05) is 11.3 Å². The van der Waals surface area contributed by atoms with Crippen LogP contribution in [-0.4, -0.2) is 41.1 Å². The number of nitrogens with zero attached hydrogens (tertiary/aromatic N) is 2. The number of piperidine rings is 1. The van der Waals surface area contributed by atoms with Crippen LogP contribution in [0.1, 0.15) is 57.2 Å². The van der Waals surface area contributed by atoms with Crippen molar-refractivity contribution in [3.63, 3.8) is 0 Å². The van der Waals surface area contributed by atoms with Crippen molar-refractivity contribution in [2.45, 2.75) is 71.4 Å². The summed E-state index contributed by atoms with van der Waals surface area (Å²) in [7, 11) is 0. The number of rotatable bonds is 7. The highest BCUT2D eigenvalue weighted by molar-refractivity contribution is 7.09. The number of thiazole rings is 1. The van der Waals surface area contributed by atoms with Gasteiger partial charge in [-0.1, -0.05) is 20.3 Å². The van der Waals surface area contributed by atoms with Gasteiger partial charge in [-0.05, 0) is 52.7 Å². The lowest BCUT2D eigenvalue weighted by Crippen LogP contribution is -2.61. The third kappa shape index (κ3) is 4.05. The van der Waals surface area contributed by atoms with Gasteiger partial charge in [-0.25, -0.2) is 4.98 Å². The second kappa shape index (κ2) is 7.70. The molecular weight excluding hydrogens is 278 g/mol. The zero-order valence-corrected chi connectivity index (χ0v) is 14.9. The van der Waals surface area contributed by atoms with Crippen LogP contribution >= 0.6 is 11.3 Å². The minimum absolute atomic E-state index is 0.232. The second-order valence-corrected chi connectivity index (χ2v) is 7.40. The third-order valence-corrected chi connectivity index (χ3v) is 6.03. The Bertz CT molecular complexity index is 425. The minimum atomic E-state index is 0.232. The molecule has 1 aromatic heterocycles. The number of aryl methyl sites for hydroxylation is 1. The number of likely N-dealkylation sites (tertiary alicyclic amines) is 1. The Morgan fingerprint density at radius 3 is 2.57 bits per heavy atom. The Kier molecular flexibility index (Phi) is 6.20. The highest BCUT2D eigenvalue weighted by Gasteiger charge is 2.38. The minimum Gasteiger partial charge on any atom is -0.312 e. The van der Waals surface area contributed by atoms with Crippen molar-refractivity contribution >= 4 is 11.3 Å². The zero-order chi connectivity index (χ0) is 15.3. The van der Waals surface area contributed by atoms with E-state index in [-0.39, 0.29) is 5.54 Å². The number of hydrogen-bond acceptors (Lipinski definition) is 4. The summed E-state index contributed by atoms with van der Waals surface area (Å²) in [6.07, 6.45) is 6.34. The van der Waals surface area contributed by atoms with E-state index >= 15 is 0 Å². The molecule has 120 valence electrons. The van der Waals surface area contributed by atoms with Crippen LogP contribution in [0.15, 0.2) is 5.38 Å². The molecule has 2 heterocycles. The lowest BCUT2D eigenvalue weighted by Gasteiger charge is -2.48. The molecule has 4 heteroatoms. The summed E-state index contributed by atoms with van der Waals surface area (Å²) in [5, 5.41) is 7.20. The standard InChI is InChI=1S/C17H31N3S/c1-5-17(4,20-10-8-7-9-11-20)15(18-6-2)12-16-19-14(3)13-21-16/h13,15,18H,5-12H2,1-4H3. The van der Waals surface area contributed by atoms with Crippen LogP contribution in [0.25, 0.3) is 0 Å².